The molecule has 2 aromatic carbocycles. The number of carbonyl (C=O) groups excluding carboxylic acids is 1. The van der Waals surface area contributed by atoms with Gasteiger partial charge >= 0.3 is 0 Å². The molecule has 7 heteroatoms. The number of nitrogens with one attached hydrogen (secondary N) is 1. The third-order valence-corrected chi connectivity index (χ3v) is 5.31. The molecule has 4 rings (SSSR count). The summed E-state index contributed by atoms with van der Waals surface area (Å²) in [5.74, 6) is 0.560. The number of nitrogens with zero attached hydrogens (tertiary/aromatic N) is 4. The number of ether oxygens (including phenoxy) is 1. The highest BCUT2D eigenvalue weighted by molar-refractivity contribution is 5.94. The van der Waals surface area contributed by atoms with Crippen LogP contribution in [0.4, 0.5) is 0 Å². The van der Waals surface area contributed by atoms with E-state index in [1.54, 1.807) is 0 Å². The number of hydrogen-bond acceptors (Lipinski definition) is 5. The van der Waals surface area contributed by atoms with E-state index in [1.807, 2.05) is 53.2 Å². The van der Waals surface area contributed by atoms with E-state index >= 15 is 0 Å². The number of carbonyl (C=O) groups is 1. The van der Waals surface area contributed by atoms with Gasteiger partial charge in [0.1, 0.15) is 5.52 Å². The highest BCUT2D eigenvalue weighted by Gasteiger charge is 2.21. The maximum Gasteiger partial charge on any atom is 0.251 e. The van der Waals surface area contributed by atoms with Crippen molar-refractivity contribution in [3.05, 3.63) is 59.7 Å². The van der Waals surface area contributed by atoms with Gasteiger partial charge in [-0.1, -0.05) is 43.3 Å². The molecule has 1 fully saturated rings. The first-order valence-electron chi connectivity index (χ1n) is 10.6. The summed E-state index contributed by atoms with van der Waals surface area (Å²) in [6.45, 7) is 9.20. The van der Waals surface area contributed by atoms with Crippen molar-refractivity contribution < 1.29 is 9.53 Å². The van der Waals surface area contributed by atoms with Crippen LogP contribution in [0.1, 0.15) is 29.8 Å². The van der Waals surface area contributed by atoms with Crippen molar-refractivity contribution in [2.75, 3.05) is 32.8 Å². The Labute approximate surface area is 177 Å². The van der Waals surface area contributed by atoms with Crippen LogP contribution in [0, 0.1) is 5.92 Å². The largest absolute Gasteiger partial charge is 0.374 e. The summed E-state index contributed by atoms with van der Waals surface area (Å²) in [5.41, 5.74) is 3.60. The zero-order valence-corrected chi connectivity index (χ0v) is 17.6. The molecule has 0 radical (unpaired) electrons. The zero-order valence-electron chi connectivity index (χ0n) is 17.6. The molecular weight excluding hydrogens is 378 g/mol. The minimum absolute atomic E-state index is 0.0429. The van der Waals surface area contributed by atoms with E-state index in [0.717, 1.165) is 42.8 Å². The molecule has 1 N–H and O–H groups in total. The Bertz CT molecular complexity index is 983. The first kappa shape index (κ1) is 20.5. The van der Waals surface area contributed by atoms with Gasteiger partial charge in [0.2, 0.25) is 0 Å². The molecule has 1 atom stereocenters. The maximum atomic E-state index is 12.5. The molecule has 1 aliphatic rings. The van der Waals surface area contributed by atoms with Gasteiger partial charge in [-0.3, -0.25) is 9.69 Å². The van der Waals surface area contributed by atoms with Gasteiger partial charge < -0.3 is 10.1 Å². The van der Waals surface area contributed by atoms with Crippen LogP contribution in [0.2, 0.25) is 0 Å². The third-order valence-electron chi connectivity index (χ3n) is 5.31. The molecule has 1 unspecified atom stereocenters. The Balaban J connectivity index is 1.31. The first-order valence-corrected chi connectivity index (χ1v) is 10.6. The van der Waals surface area contributed by atoms with Gasteiger partial charge in [-0.2, -0.15) is 0 Å². The van der Waals surface area contributed by atoms with Crippen molar-refractivity contribution in [1.82, 2.24) is 25.2 Å². The molecule has 2 heterocycles. The number of fused-ring (bicyclic) bond motifs is 1. The molecule has 0 saturated carbocycles. The normalized spacial score (nSPS) is 17.5. The van der Waals surface area contributed by atoms with Gasteiger partial charge in [0.05, 0.1) is 24.8 Å². The Morgan fingerprint density at radius 3 is 2.80 bits per heavy atom. The highest BCUT2D eigenvalue weighted by atomic mass is 16.5. The van der Waals surface area contributed by atoms with Crippen LogP contribution in [-0.4, -0.2) is 64.7 Å². The first-order chi connectivity index (χ1) is 14.6. The zero-order chi connectivity index (χ0) is 20.9. The van der Waals surface area contributed by atoms with E-state index in [0.29, 0.717) is 24.6 Å². The van der Waals surface area contributed by atoms with Gasteiger partial charge in [0.25, 0.3) is 5.91 Å². The van der Waals surface area contributed by atoms with E-state index in [1.165, 1.54) is 0 Å². The number of aromatic nitrogens is 3. The monoisotopic (exact) mass is 407 g/mol. The van der Waals surface area contributed by atoms with Crippen molar-refractivity contribution in [2.24, 2.45) is 5.92 Å². The molecule has 30 heavy (non-hydrogen) atoms. The van der Waals surface area contributed by atoms with Crippen molar-refractivity contribution in [3.63, 3.8) is 0 Å². The standard InChI is InChI=1S/C23H29N5O2/c1-17(2)14-27-11-12-30-20(16-27)13-24-23(29)19-9-7-18(8-10-19)15-28-22-6-4-3-5-21(22)25-26-28/h3-10,17,20H,11-16H2,1-2H3,(H,24,29). The summed E-state index contributed by atoms with van der Waals surface area (Å²) >= 11 is 0. The van der Waals surface area contributed by atoms with E-state index in [2.05, 4.69) is 34.4 Å². The predicted octanol–water partition coefficient (Wildman–Crippen LogP) is 2.57. The van der Waals surface area contributed by atoms with Crippen molar-refractivity contribution in [1.29, 1.82) is 0 Å². The summed E-state index contributed by atoms with van der Waals surface area (Å²) in [6.07, 6.45) is 0.0429. The number of rotatable bonds is 7. The Hall–Kier alpha value is -2.77. The minimum atomic E-state index is -0.0719. The van der Waals surface area contributed by atoms with Crippen LogP contribution >= 0.6 is 0 Å². The second-order valence-corrected chi connectivity index (χ2v) is 8.29. The molecule has 7 nitrogen and oxygen atoms in total. The number of benzene rings is 2. The second-order valence-electron chi connectivity index (χ2n) is 8.29. The molecule has 0 aliphatic carbocycles. The van der Waals surface area contributed by atoms with Crippen molar-refractivity contribution >= 4 is 16.9 Å². The summed E-state index contributed by atoms with van der Waals surface area (Å²) in [7, 11) is 0. The van der Waals surface area contributed by atoms with E-state index < -0.39 is 0 Å². The van der Waals surface area contributed by atoms with E-state index in [4.69, 9.17) is 4.74 Å². The van der Waals surface area contributed by atoms with Crippen LogP contribution < -0.4 is 5.32 Å². The molecule has 1 amide bonds. The van der Waals surface area contributed by atoms with Crippen molar-refractivity contribution in [2.45, 2.75) is 26.5 Å². The van der Waals surface area contributed by atoms with Gasteiger partial charge in [0.15, 0.2) is 0 Å². The molecule has 1 aliphatic heterocycles. The van der Waals surface area contributed by atoms with Crippen LogP contribution in [0.5, 0.6) is 0 Å². The Morgan fingerprint density at radius 2 is 2.00 bits per heavy atom. The Morgan fingerprint density at radius 1 is 1.20 bits per heavy atom. The van der Waals surface area contributed by atoms with Gasteiger partial charge in [0, 0.05) is 31.7 Å². The van der Waals surface area contributed by atoms with E-state index in [9.17, 15) is 4.79 Å². The number of amides is 1. The lowest BCUT2D eigenvalue weighted by molar-refractivity contribution is -0.0295. The summed E-state index contributed by atoms with van der Waals surface area (Å²) in [4.78, 5) is 15.0. The third kappa shape index (κ3) is 5.04. The van der Waals surface area contributed by atoms with Crippen LogP contribution in [-0.2, 0) is 11.3 Å². The quantitative estimate of drug-likeness (QED) is 0.652. The van der Waals surface area contributed by atoms with Crippen molar-refractivity contribution in [3.8, 4) is 0 Å². The lowest BCUT2D eigenvalue weighted by Gasteiger charge is -2.33. The van der Waals surface area contributed by atoms with Gasteiger partial charge in [-0.05, 0) is 35.7 Å². The fourth-order valence-corrected chi connectivity index (χ4v) is 3.86. The molecule has 0 bridgehead atoms. The van der Waals surface area contributed by atoms with Gasteiger partial charge in [-0.15, -0.1) is 5.10 Å². The maximum absolute atomic E-state index is 12.5. The number of morpholine rings is 1. The fourth-order valence-electron chi connectivity index (χ4n) is 3.86. The molecule has 158 valence electrons. The topological polar surface area (TPSA) is 72.3 Å². The number of para-hydroxylation sites is 1. The lowest BCUT2D eigenvalue weighted by atomic mass is 10.1. The second kappa shape index (κ2) is 9.36. The van der Waals surface area contributed by atoms with Gasteiger partial charge in [-0.25, -0.2) is 4.68 Å². The van der Waals surface area contributed by atoms with Crippen LogP contribution in [0.3, 0.4) is 0 Å². The fraction of sp³-hybridized carbons (Fsp3) is 0.435. The summed E-state index contributed by atoms with van der Waals surface area (Å²) in [5, 5.41) is 11.4. The summed E-state index contributed by atoms with van der Waals surface area (Å²) < 4.78 is 7.69. The van der Waals surface area contributed by atoms with Crippen LogP contribution in [0.15, 0.2) is 48.5 Å². The smallest absolute Gasteiger partial charge is 0.251 e. The number of hydrogen-bond donors (Lipinski definition) is 1. The Kier molecular flexibility index (Phi) is 6.40. The average molecular weight is 408 g/mol. The predicted molar refractivity (Wildman–Crippen MR) is 116 cm³/mol. The molecule has 1 saturated heterocycles. The molecule has 1 aromatic heterocycles. The lowest BCUT2D eigenvalue weighted by Crippen LogP contribution is -2.48. The van der Waals surface area contributed by atoms with E-state index in [-0.39, 0.29) is 12.0 Å². The molecule has 0 spiro atoms. The average Bonchev–Trinajstić information content (AvgIpc) is 3.15. The minimum Gasteiger partial charge on any atom is -0.374 e. The molecular formula is C23H29N5O2. The SMILES string of the molecule is CC(C)CN1CCOC(CNC(=O)c2ccc(Cn3nnc4ccccc43)cc2)C1. The molecule has 3 aromatic rings. The summed E-state index contributed by atoms with van der Waals surface area (Å²) in [6, 6.07) is 15.5. The van der Waals surface area contributed by atoms with Crippen LogP contribution in [0.25, 0.3) is 11.0 Å². The highest BCUT2D eigenvalue weighted by Crippen LogP contribution is 2.13.